The topological polar surface area (TPSA) is 63.1 Å². The van der Waals surface area contributed by atoms with Crippen LogP contribution in [0.1, 0.15) is 23.5 Å². The number of carbonyl (C=O) groups excluding carboxylic acids is 1. The van der Waals surface area contributed by atoms with Crippen molar-refractivity contribution < 1.29 is 9.18 Å². The van der Waals surface area contributed by atoms with E-state index in [1.165, 1.54) is 23.5 Å². The van der Waals surface area contributed by atoms with Crippen molar-refractivity contribution in [3.63, 3.8) is 0 Å². The molecule has 1 amide bonds. The van der Waals surface area contributed by atoms with E-state index in [4.69, 9.17) is 0 Å². The van der Waals surface area contributed by atoms with Gasteiger partial charge in [0, 0.05) is 6.04 Å². The lowest BCUT2D eigenvalue weighted by atomic mass is 10.1. The molecule has 0 spiro atoms. The smallest absolute Gasteiger partial charge is 0.291 e. The summed E-state index contributed by atoms with van der Waals surface area (Å²) in [6.07, 6.45) is 1.83. The molecule has 3 heterocycles. The zero-order chi connectivity index (χ0) is 18.8. The predicted molar refractivity (Wildman–Crippen MR) is 103 cm³/mol. The summed E-state index contributed by atoms with van der Waals surface area (Å²) in [5, 5.41) is 9.40. The number of thiophene rings is 1. The van der Waals surface area contributed by atoms with Crippen LogP contribution in [0.3, 0.4) is 0 Å². The monoisotopic (exact) mass is 385 g/mol. The Kier molecular flexibility index (Phi) is 5.00. The summed E-state index contributed by atoms with van der Waals surface area (Å²) in [5.74, 6) is 0.104. The molecule has 0 unspecified atom stereocenters. The van der Waals surface area contributed by atoms with Crippen molar-refractivity contribution in [3.8, 4) is 16.4 Å². The van der Waals surface area contributed by atoms with Gasteiger partial charge in [-0.05, 0) is 68.7 Å². The first-order chi connectivity index (χ1) is 13.1. The normalized spacial score (nSPS) is 15.8. The largest absolute Gasteiger partial charge is 0.346 e. The number of hydrogen-bond acceptors (Lipinski definition) is 5. The van der Waals surface area contributed by atoms with E-state index in [9.17, 15) is 9.18 Å². The molecule has 0 atom stereocenters. The van der Waals surface area contributed by atoms with Crippen molar-refractivity contribution in [2.75, 3.05) is 20.1 Å². The molecule has 4 rings (SSSR count). The molecule has 0 bridgehead atoms. The summed E-state index contributed by atoms with van der Waals surface area (Å²) in [5.41, 5.74) is 0.658. The molecule has 27 heavy (non-hydrogen) atoms. The second kappa shape index (κ2) is 7.58. The number of amides is 1. The van der Waals surface area contributed by atoms with Crippen molar-refractivity contribution in [1.82, 2.24) is 25.0 Å². The third-order valence-electron chi connectivity index (χ3n) is 4.68. The molecular formula is C19H20FN5OS. The quantitative estimate of drug-likeness (QED) is 0.750. The van der Waals surface area contributed by atoms with Crippen LogP contribution >= 0.6 is 11.3 Å². The van der Waals surface area contributed by atoms with Crippen LogP contribution in [0.2, 0.25) is 0 Å². The van der Waals surface area contributed by atoms with Crippen LogP contribution in [-0.2, 0) is 0 Å². The van der Waals surface area contributed by atoms with Crippen LogP contribution in [0, 0.1) is 5.82 Å². The minimum absolute atomic E-state index is 0.127. The molecule has 0 aliphatic carbocycles. The third kappa shape index (κ3) is 3.91. The Labute approximate surface area is 160 Å². The molecule has 1 saturated heterocycles. The number of rotatable bonds is 4. The molecule has 0 radical (unpaired) electrons. The van der Waals surface area contributed by atoms with Gasteiger partial charge in [0.1, 0.15) is 5.82 Å². The number of nitrogens with one attached hydrogen (secondary N) is 1. The van der Waals surface area contributed by atoms with E-state index in [0.717, 1.165) is 30.8 Å². The summed E-state index contributed by atoms with van der Waals surface area (Å²) in [7, 11) is 2.08. The van der Waals surface area contributed by atoms with Gasteiger partial charge in [-0.2, -0.15) is 0 Å². The molecule has 1 N–H and O–H groups in total. The lowest BCUT2D eigenvalue weighted by Crippen LogP contribution is -2.43. The van der Waals surface area contributed by atoms with Gasteiger partial charge in [-0.25, -0.2) is 14.1 Å². The summed E-state index contributed by atoms with van der Waals surface area (Å²) >= 11 is 1.51. The number of hydrogen-bond donors (Lipinski definition) is 1. The van der Waals surface area contributed by atoms with Gasteiger partial charge in [0.25, 0.3) is 5.91 Å². The zero-order valence-corrected chi connectivity index (χ0v) is 15.7. The minimum Gasteiger partial charge on any atom is -0.346 e. The Morgan fingerprint density at radius 3 is 2.63 bits per heavy atom. The molecule has 2 aromatic heterocycles. The molecule has 1 fully saturated rings. The summed E-state index contributed by atoms with van der Waals surface area (Å²) < 4.78 is 14.9. The van der Waals surface area contributed by atoms with Crippen LogP contribution in [0.15, 0.2) is 41.8 Å². The molecule has 1 aliphatic heterocycles. The molecule has 3 aromatic rings. The third-order valence-corrected chi connectivity index (χ3v) is 5.54. The molecule has 0 saturated carbocycles. The maximum absolute atomic E-state index is 13.3. The van der Waals surface area contributed by atoms with Gasteiger partial charge in [0.05, 0.1) is 10.6 Å². The Morgan fingerprint density at radius 2 is 1.96 bits per heavy atom. The lowest BCUT2D eigenvalue weighted by molar-refractivity contribution is 0.0906. The molecule has 140 valence electrons. The van der Waals surface area contributed by atoms with Crippen LogP contribution < -0.4 is 5.32 Å². The van der Waals surface area contributed by atoms with Crippen molar-refractivity contribution in [3.05, 3.63) is 53.4 Å². The zero-order valence-electron chi connectivity index (χ0n) is 14.9. The Morgan fingerprint density at radius 1 is 1.22 bits per heavy atom. The minimum atomic E-state index is -0.322. The number of halogens is 1. The first-order valence-corrected chi connectivity index (χ1v) is 9.74. The van der Waals surface area contributed by atoms with Crippen LogP contribution in [0.25, 0.3) is 16.4 Å². The predicted octanol–water partition coefficient (Wildman–Crippen LogP) is 2.96. The van der Waals surface area contributed by atoms with Gasteiger partial charge >= 0.3 is 0 Å². The Hall–Kier alpha value is -2.58. The van der Waals surface area contributed by atoms with Crippen LogP contribution in [0.4, 0.5) is 4.39 Å². The number of nitrogens with zero attached hydrogens (tertiary/aromatic N) is 4. The van der Waals surface area contributed by atoms with Gasteiger partial charge in [-0.15, -0.1) is 16.4 Å². The highest BCUT2D eigenvalue weighted by atomic mass is 32.1. The van der Waals surface area contributed by atoms with Crippen molar-refractivity contribution in [1.29, 1.82) is 0 Å². The molecule has 6 nitrogen and oxygen atoms in total. The summed E-state index contributed by atoms with van der Waals surface area (Å²) in [4.78, 5) is 20.3. The SMILES string of the molecule is CN1CCC(NC(=O)c2nc(-c3cccs3)n(-c3ccc(F)cc3)n2)CC1. The van der Waals surface area contributed by atoms with Gasteiger partial charge in [-0.1, -0.05) is 6.07 Å². The average molecular weight is 385 g/mol. The number of carbonyl (C=O) groups is 1. The van der Waals surface area contributed by atoms with E-state index < -0.39 is 0 Å². The van der Waals surface area contributed by atoms with Gasteiger partial charge < -0.3 is 10.2 Å². The molecular weight excluding hydrogens is 365 g/mol. The fourth-order valence-electron chi connectivity index (χ4n) is 3.14. The first kappa shape index (κ1) is 17.8. The maximum Gasteiger partial charge on any atom is 0.291 e. The highest BCUT2D eigenvalue weighted by Crippen LogP contribution is 2.25. The average Bonchev–Trinajstić information content (AvgIpc) is 3.33. The van der Waals surface area contributed by atoms with E-state index >= 15 is 0 Å². The van der Waals surface area contributed by atoms with Crippen molar-refractivity contribution >= 4 is 17.2 Å². The Bertz CT molecular complexity index is 914. The van der Waals surface area contributed by atoms with Crippen LogP contribution in [0.5, 0.6) is 0 Å². The van der Waals surface area contributed by atoms with Crippen LogP contribution in [-0.4, -0.2) is 51.8 Å². The second-order valence-corrected chi connectivity index (χ2v) is 7.62. The highest BCUT2D eigenvalue weighted by molar-refractivity contribution is 7.13. The van der Waals surface area contributed by atoms with Gasteiger partial charge in [0.2, 0.25) is 5.82 Å². The molecule has 1 aliphatic rings. The van der Waals surface area contributed by atoms with E-state index in [0.29, 0.717) is 11.5 Å². The molecule has 8 heteroatoms. The highest BCUT2D eigenvalue weighted by Gasteiger charge is 2.23. The van der Waals surface area contributed by atoms with Crippen molar-refractivity contribution in [2.24, 2.45) is 0 Å². The maximum atomic E-state index is 13.3. The first-order valence-electron chi connectivity index (χ1n) is 8.86. The standard InChI is InChI=1S/C19H20FN5OS/c1-24-10-8-14(9-11-24)21-19(26)17-22-18(16-3-2-12-27-16)25(23-17)15-6-4-13(20)5-7-15/h2-7,12,14H,8-11H2,1H3,(H,21,26). The molecule has 1 aromatic carbocycles. The number of piperidine rings is 1. The number of aromatic nitrogens is 3. The summed E-state index contributed by atoms with van der Waals surface area (Å²) in [6, 6.07) is 9.96. The Balaban J connectivity index is 1.63. The second-order valence-electron chi connectivity index (χ2n) is 6.68. The number of likely N-dealkylation sites (tertiary alicyclic amines) is 1. The van der Waals surface area contributed by atoms with E-state index in [1.54, 1.807) is 16.8 Å². The van der Waals surface area contributed by atoms with Gasteiger partial charge in [-0.3, -0.25) is 4.79 Å². The van der Waals surface area contributed by atoms with E-state index in [-0.39, 0.29) is 23.6 Å². The summed E-state index contributed by atoms with van der Waals surface area (Å²) in [6.45, 7) is 1.92. The lowest BCUT2D eigenvalue weighted by Gasteiger charge is -2.29. The van der Waals surface area contributed by atoms with E-state index in [2.05, 4.69) is 27.3 Å². The fraction of sp³-hybridized carbons (Fsp3) is 0.316. The fourth-order valence-corrected chi connectivity index (χ4v) is 3.84. The van der Waals surface area contributed by atoms with E-state index in [1.807, 2.05) is 17.5 Å². The van der Waals surface area contributed by atoms with Gasteiger partial charge in [0.15, 0.2) is 5.82 Å². The van der Waals surface area contributed by atoms with Crippen molar-refractivity contribution in [2.45, 2.75) is 18.9 Å². The number of benzene rings is 1.